The van der Waals surface area contributed by atoms with Crippen LogP contribution in [0.3, 0.4) is 0 Å². The van der Waals surface area contributed by atoms with Crippen molar-refractivity contribution in [2.45, 2.75) is 44.6 Å². The first-order chi connectivity index (χ1) is 11.7. The van der Waals surface area contributed by atoms with E-state index in [0.717, 1.165) is 49.9 Å². The molecule has 2 saturated heterocycles. The Morgan fingerprint density at radius 3 is 2.16 bits per heavy atom. The Labute approximate surface area is 156 Å². The highest BCUT2D eigenvalue weighted by Crippen LogP contribution is 2.32. The van der Waals surface area contributed by atoms with Gasteiger partial charge in [0.25, 0.3) is 5.91 Å². The van der Waals surface area contributed by atoms with Gasteiger partial charge in [-0.25, -0.2) is 0 Å². The molecule has 0 aromatic heterocycles. The highest BCUT2D eigenvalue weighted by molar-refractivity contribution is 6.01. The van der Waals surface area contributed by atoms with Crippen LogP contribution >= 0.6 is 12.4 Å². The Morgan fingerprint density at radius 2 is 1.52 bits per heavy atom. The van der Waals surface area contributed by atoms with Crippen molar-refractivity contribution in [2.24, 2.45) is 5.92 Å². The Morgan fingerprint density at radius 1 is 0.880 bits per heavy atom. The Kier molecular flexibility index (Phi) is 5.80. The molecule has 2 heterocycles. The topological polar surface area (TPSA) is 40.6 Å². The fraction of sp³-hybridized carbons (Fsp3) is 0.600. The summed E-state index contributed by atoms with van der Waals surface area (Å²) in [5, 5.41) is 0. The molecule has 4 rings (SSSR count). The molecule has 1 saturated carbocycles. The lowest BCUT2D eigenvalue weighted by Gasteiger charge is -2.28. The maximum atomic E-state index is 12.9. The first-order valence-corrected chi connectivity index (χ1v) is 9.40. The van der Waals surface area contributed by atoms with Gasteiger partial charge in [-0.3, -0.25) is 9.59 Å². The summed E-state index contributed by atoms with van der Waals surface area (Å²) in [6, 6.07) is 7.69. The molecule has 0 bridgehead atoms. The van der Waals surface area contributed by atoms with Gasteiger partial charge in [-0.15, -0.1) is 12.4 Å². The molecule has 3 fully saturated rings. The maximum Gasteiger partial charge on any atom is 0.254 e. The number of rotatable bonds is 5. The molecule has 1 unspecified atom stereocenters. The fourth-order valence-electron chi connectivity index (χ4n) is 4.08. The van der Waals surface area contributed by atoms with Crippen LogP contribution in [-0.2, 0) is 0 Å². The zero-order valence-electron chi connectivity index (χ0n) is 14.7. The second kappa shape index (κ2) is 7.88. The molecule has 1 aromatic rings. The molecule has 4 nitrogen and oxygen atoms in total. The summed E-state index contributed by atoms with van der Waals surface area (Å²) in [5.74, 6) is 0.596. The molecule has 3 aliphatic rings. The van der Waals surface area contributed by atoms with Gasteiger partial charge in [0.2, 0.25) is 0 Å². The third-order valence-electron chi connectivity index (χ3n) is 5.67. The van der Waals surface area contributed by atoms with Gasteiger partial charge in [0.1, 0.15) is 0 Å². The number of benzene rings is 1. The van der Waals surface area contributed by atoms with Crippen LogP contribution < -0.4 is 0 Å². The number of carbonyl (C=O) groups is 2. The van der Waals surface area contributed by atoms with Crippen molar-refractivity contribution in [1.29, 1.82) is 0 Å². The summed E-state index contributed by atoms with van der Waals surface area (Å²) in [6.45, 7) is 4.23. The van der Waals surface area contributed by atoms with E-state index in [1.807, 2.05) is 24.3 Å². The Bertz CT molecular complexity index is 621. The lowest BCUT2D eigenvalue weighted by Crippen LogP contribution is -2.42. The first kappa shape index (κ1) is 18.4. The van der Waals surface area contributed by atoms with E-state index < -0.39 is 0 Å². The number of halogens is 1. The van der Waals surface area contributed by atoms with Crippen LogP contribution in [-0.4, -0.2) is 53.7 Å². The highest BCUT2D eigenvalue weighted by Gasteiger charge is 2.32. The normalized spacial score (nSPS) is 23.5. The summed E-state index contributed by atoms with van der Waals surface area (Å²) in [7, 11) is 0. The van der Waals surface area contributed by atoms with Crippen molar-refractivity contribution in [1.82, 2.24) is 9.80 Å². The molecule has 5 heteroatoms. The molecule has 0 radical (unpaired) electrons. The minimum Gasteiger partial charge on any atom is -0.334 e. The number of hydrogen-bond donors (Lipinski definition) is 0. The summed E-state index contributed by atoms with van der Waals surface area (Å²) in [4.78, 5) is 29.5. The van der Waals surface area contributed by atoms with Crippen LogP contribution in [0.2, 0.25) is 0 Å². The van der Waals surface area contributed by atoms with Crippen molar-refractivity contribution in [3.05, 3.63) is 35.4 Å². The van der Waals surface area contributed by atoms with Crippen molar-refractivity contribution >= 4 is 24.1 Å². The molecule has 136 valence electrons. The standard InChI is InChI=1S/C20H26N2O2.ClH/c23-19(15-5-6-15)16-7-9-17(10-8-16)20(24)22-13-3-4-18(22)14-21-11-1-2-12-21;/h7-10,15,18H,1-6,11-14H2;1H. The molecule has 0 spiro atoms. The number of carbonyl (C=O) groups excluding carboxylic acids is 2. The van der Waals surface area contributed by atoms with Gasteiger partial charge in [-0.1, -0.05) is 12.1 Å². The van der Waals surface area contributed by atoms with Gasteiger partial charge in [-0.05, 0) is 63.7 Å². The molecule has 2 aliphatic heterocycles. The Balaban J connectivity index is 0.00000182. The van der Waals surface area contributed by atoms with Crippen molar-refractivity contribution in [2.75, 3.05) is 26.2 Å². The average Bonchev–Trinajstić information content (AvgIpc) is 3.14. The summed E-state index contributed by atoms with van der Waals surface area (Å²) >= 11 is 0. The number of ketones is 1. The molecular formula is C20H27ClN2O2. The van der Waals surface area contributed by atoms with Crippen LogP contribution in [0.5, 0.6) is 0 Å². The van der Waals surface area contributed by atoms with Crippen LogP contribution in [0.25, 0.3) is 0 Å². The van der Waals surface area contributed by atoms with E-state index in [-0.39, 0.29) is 30.0 Å². The zero-order chi connectivity index (χ0) is 16.5. The van der Waals surface area contributed by atoms with Gasteiger partial charge in [0.05, 0.1) is 0 Å². The predicted octanol–water partition coefficient (Wildman–Crippen LogP) is 3.40. The van der Waals surface area contributed by atoms with Gasteiger partial charge in [-0.2, -0.15) is 0 Å². The molecule has 25 heavy (non-hydrogen) atoms. The summed E-state index contributed by atoms with van der Waals surface area (Å²) in [6.07, 6.45) is 6.83. The number of hydrogen-bond acceptors (Lipinski definition) is 3. The van der Waals surface area contributed by atoms with Gasteiger partial charge in [0, 0.05) is 36.2 Å². The number of nitrogens with zero attached hydrogens (tertiary/aromatic N) is 2. The quantitative estimate of drug-likeness (QED) is 0.754. The van der Waals surface area contributed by atoms with E-state index in [1.54, 1.807) is 0 Å². The molecular weight excluding hydrogens is 336 g/mol. The van der Waals surface area contributed by atoms with E-state index in [1.165, 1.54) is 25.9 Å². The van der Waals surface area contributed by atoms with Crippen molar-refractivity contribution in [3.8, 4) is 0 Å². The second-order valence-corrected chi connectivity index (χ2v) is 7.52. The molecule has 1 amide bonds. The molecule has 0 N–H and O–H groups in total. The van der Waals surface area contributed by atoms with Gasteiger partial charge < -0.3 is 9.80 Å². The van der Waals surface area contributed by atoms with E-state index in [4.69, 9.17) is 0 Å². The number of amides is 1. The fourth-order valence-corrected chi connectivity index (χ4v) is 4.08. The van der Waals surface area contributed by atoms with Crippen LogP contribution in [0.4, 0.5) is 0 Å². The first-order valence-electron chi connectivity index (χ1n) is 9.40. The van der Waals surface area contributed by atoms with E-state index in [0.29, 0.717) is 6.04 Å². The highest BCUT2D eigenvalue weighted by atomic mass is 35.5. The lowest BCUT2D eigenvalue weighted by molar-refractivity contribution is 0.0708. The van der Waals surface area contributed by atoms with Crippen molar-refractivity contribution < 1.29 is 9.59 Å². The third-order valence-corrected chi connectivity index (χ3v) is 5.67. The minimum absolute atomic E-state index is 0. The number of likely N-dealkylation sites (tertiary alicyclic amines) is 2. The second-order valence-electron chi connectivity index (χ2n) is 7.52. The summed E-state index contributed by atoms with van der Waals surface area (Å²) < 4.78 is 0. The van der Waals surface area contributed by atoms with E-state index in [9.17, 15) is 9.59 Å². The smallest absolute Gasteiger partial charge is 0.254 e. The third kappa shape index (κ3) is 4.06. The lowest BCUT2D eigenvalue weighted by atomic mass is 10.0. The predicted molar refractivity (Wildman–Crippen MR) is 100 cm³/mol. The van der Waals surface area contributed by atoms with E-state index >= 15 is 0 Å². The molecule has 1 aliphatic carbocycles. The van der Waals surface area contributed by atoms with Gasteiger partial charge >= 0.3 is 0 Å². The Hall–Kier alpha value is -1.39. The van der Waals surface area contributed by atoms with Crippen molar-refractivity contribution in [3.63, 3.8) is 0 Å². The molecule has 1 aromatic carbocycles. The number of Topliss-reactive ketones (excluding diaryl/α,β-unsaturated/α-hetero) is 1. The summed E-state index contributed by atoms with van der Waals surface area (Å²) in [5.41, 5.74) is 1.47. The van der Waals surface area contributed by atoms with E-state index in [2.05, 4.69) is 9.80 Å². The largest absolute Gasteiger partial charge is 0.334 e. The maximum absolute atomic E-state index is 12.9. The van der Waals surface area contributed by atoms with Crippen LogP contribution in [0, 0.1) is 5.92 Å². The zero-order valence-corrected chi connectivity index (χ0v) is 15.5. The monoisotopic (exact) mass is 362 g/mol. The average molecular weight is 363 g/mol. The molecule has 1 atom stereocenters. The minimum atomic E-state index is 0. The van der Waals surface area contributed by atoms with Gasteiger partial charge in [0.15, 0.2) is 5.78 Å². The SMILES string of the molecule is Cl.O=C(c1ccc(C(=O)N2CCCC2CN2CCCC2)cc1)C1CC1. The van der Waals surface area contributed by atoms with Crippen LogP contribution in [0.15, 0.2) is 24.3 Å². The van der Waals surface area contributed by atoms with Crippen LogP contribution in [0.1, 0.15) is 59.2 Å².